The molecular formula is C12H25N3O2. The Labute approximate surface area is 104 Å². The Morgan fingerprint density at radius 3 is 2.71 bits per heavy atom. The van der Waals surface area contributed by atoms with Crippen molar-refractivity contribution in [1.29, 1.82) is 0 Å². The van der Waals surface area contributed by atoms with Crippen molar-refractivity contribution < 1.29 is 9.57 Å². The first kappa shape index (κ1) is 13.2. The summed E-state index contributed by atoms with van der Waals surface area (Å²) in [6.45, 7) is 3.82. The molecule has 5 nitrogen and oxygen atoms in total. The van der Waals surface area contributed by atoms with Gasteiger partial charge in [-0.25, -0.2) is 0 Å². The molecule has 17 heavy (non-hydrogen) atoms. The van der Waals surface area contributed by atoms with Crippen LogP contribution in [0.15, 0.2) is 0 Å². The smallest absolute Gasteiger partial charge is 0.0712 e. The zero-order valence-corrected chi connectivity index (χ0v) is 11.0. The molecule has 0 bridgehead atoms. The summed E-state index contributed by atoms with van der Waals surface area (Å²) >= 11 is 0. The lowest BCUT2D eigenvalue weighted by Gasteiger charge is -2.42. The molecule has 2 aliphatic heterocycles. The quantitative estimate of drug-likeness (QED) is 0.681. The summed E-state index contributed by atoms with van der Waals surface area (Å²) in [4.78, 5) is 5.26. The first-order valence-corrected chi connectivity index (χ1v) is 6.62. The van der Waals surface area contributed by atoms with E-state index in [1.54, 1.807) is 7.11 Å². The van der Waals surface area contributed by atoms with Gasteiger partial charge in [0, 0.05) is 26.2 Å². The second-order valence-electron chi connectivity index (χ2n) is 4.96. The third-order valence-corrected chi connectivity index (χ3v) is 4.00. The van der Waals surface area contributed by atoms with E-state index in [4.69, 9.17) is 9.57 Å². The molecule has 0 radical (unpaired) electrons. The number of nitrogens with zero attached hydrogens (tertiary/aromatic N) is 1. The van der Waals surface area contributed by atoms with E-state index in [1.807, 2.05) is 12.1 Å². The van der Waals surface area contributed by atoms with Crippen LogP contribution in [0.25, 0.3) is 0 Å². The van der Waals surface area contributed by atoms with E-state index in [9.17, 15) is 0 Å². The monoisotopic (exact) mass is 243 g/mol. The SMILES string of the molecule is CNC1(NCC2CCCO2)CCN(OC)CC1. The van der Waals surface area contributed by atoms with Crippen LogP contribution in [-0.2, 0) is 9.57 Å². The summed E-state index contributed by atoms with van der Waals surface area (Å²) < 4.78 is 5.65. The van der Waals surface area contributed by atoms with E-state index in [0.29, 0.717) is 6.10 Å². The number of hydroxylamine groups is 2. The van der Waals surface area contributed by atoms with Crippen LogP contribution in [0.4, 0.5) is 0 Å². The molecule has 0 spiro atoms. The van der Waals surface area contributed by atoms with Crippen LogP contribution >= 0.6 is 0 Å². The topological polar surface area (TPSA) is 45.8 Å². The zero-order valence-electron chi connectivity index (χ0n) is 11.0. The Morgan fingerprint density at radius 2 is 2.18 bits per heavy atom. The second kappa shape index (κ2) is 6.11. The molecule has 2 N–H and O–H groups in total. The number of ether oxygens (including phenoxy) is 1. The van der Waals surface area contributed by atoms with Crippen molar-refractivity contribution in [1.82, 2.24) is 15.7 Å². The van der Waals surface area contributed by atoms with Gasteiger partial charge >= 0.3 is 0 Å². The Morgan fingerprint density at radius 1 is 1.41 bits per heavy atom. The average Bonchev–Trinajstić information content (AvgIpc) is 2.90. The van der Waals surface area contributed by atoms with Gasteiger partial charge in [-0.05, 0) is 32.7 Å². The lowest BCUT2D eigenvalue weighted by molar-refractivity contribution is -0.155. The first-order chi connectivity index (χ1) is 8.28. The predicted molar refractivity (Wildman–Crippen MR) is 66.6 cm³/mol. The molecule has 1 unspecified atom stereocenters. The van der Waals surface area contributed by atoms with E-state index in [-0.39, 0.29) is 5.66 Å². The van der Waals surface area contributed by atoms with E-state index in [2.05, 4.69) is 10.6 Å². The number of piperidine rings is 1. The molecule has 0 amide bonds. The molecule has 0 aromatic heterocycles. The molecule has 1 atom stereocenters. The molecule has 100 valence electrons. The molecule has 0 saturated carbocycles. The first-order valence-electron chi connectivity index (χ1n) is 6.62. The summed E-state index contributed by atoms with van der Waals surface area (Å²) in [5.41, 5.74) is 0.0565. The molecule has 2 saturated heterocycles. The number of hydrogen-bond donors (Lipinski definition) is 2. The Kier molecular flexibility index (Phi) is 4.76. The van der Waals surface area contributed by atoms with Gasteiger partial charge in [0.1, 0.15) is 0 Å². The summed E-state index contributed by atoms with van der Waals surface area (Å²) in [7, 11) is 3.77. The van der Waals surface area contributed by atoms with Crippen LogP contribution in [0.3, 0.4) is 0 Å². The van der Waals surface area contributed by atoms with Gasteiger partial charge in [-0.1, -0.05) is 0 Å². The van der Waals surface area contributed by atoms with E-state index in [1.165, 1.54) is 12.8 Å². The Hall–Kier alpha value is -0.200. The zero-order chi connectivity index (χ0) is 12.1. The normalized spacial score (nSPS) is 29.6. The molecule has 2 aliphatic rings. The largest absolute Gasteiger partial charge is 0.377 e. The van der Waals surface area contributed by atoms with Gasteiger partial charge in [0.05, 0.1) is 18.9 Å². The van der Waals surface area contributed by atoms with Gasteiger partial charge < -0.3 is 14.9 Å². The lowest BCUT2D eigenvalue weighted by Crippen LogP contribution is -2.62. The highest BCUT2D eigenvalue weighted by molar-refractivity contribution is 4.89. The third-order valence-electron chi connectivity index (χ3n) is 4.00. The van der Waals surface area contributed by atoms with Gasteiger partial charge in [0.25, 0.3) is 0 Å². The van der Waals surface area contributed by atoms with Crippen molar-refractivity contribution in [3.8, 4) is 0 Å². The number of rotatable bonds is 5. The number of hydrogen-bond acceptors (Lipinski definition) is 5. The summed E-state index contributed by atoms with van der Waals surface area (Å²) in [5, 5.41) is 9.11. The minimum Gasteiger partial charge on any atom is -0.377 e. The fourth-order valence-corrected chi connectivity index (χ4v) is 2.68. The lowest BCUT2D eigenvalue weighted by atomic mass is 9.97. The predicted octanol–water partition coefficient (Wildman–Crippen LogP) is 0.328. The van der Waals surface area contributed by atoms with Crippen molar-refractivity contribution in [2.24, 2.45) is 0 Å². The average molecular weight is 243 g/mol. The maximum absolute atomic E-state index is 5.65. The molecule has 2 fully saturated rings. The van der Waals surface area contributed by atoms with E-state index >= 15 is 0 Å². The molecule has 0 aliphatic carbocycles. The fourth-order valence-electron chi connectivity index (χ4n) is 2.68. The number of nitrogens with one attached hydrogen (secondary N) is 2. The van der Waals surface area contributed by atoms with Gasteiger partial charge in [-0.2, -0.15) is 5.06 Å². The van der Waals surface area contributed by atoms with Crippen molar-refractivity contribution in [2.45, 2.75) is 37.5 Å². The van der Waals surface area contributed by atoms with Crippen molar-refractivity contribution in [3.63, 3.8) is 0 Å². The molecule has 0 aromatic rings. The highest BCUT2D eigenvalue weighted by Crippen LogP contribution is 2.20. The molecular weight excluding hydrogens is 218 g/mol. The highest BCUT2D eigenvalue weighted by atomic mass is 16.7. The van der Waals surface area contributed by atoms with Crippen molar-refractivity contribution >= 4 is 0 Å². The summed E-state index contributed by atoms with van der Waals surface area (Å²) in [5.74, 6) is 0. The van der Waals surface area contributed by atoms with E-state index < -0.39 is 0 Å². The third kappa shape index (κ3) is 3.39. The van der Waals surface area contributed by atoms with Crippen LogP contribution in [0, 0.1) is 0 Å². The van der Waals surface area contributed by atoms with E-state index in [0.717, 1.165) is 39.1 Å². The highest BCUT2D eigenvalue weighted by Gasteiger charge is 2.33. The van der Waals surface area contributed by atoms with Crippen LogP contribution in [0.2, 0.25) is 0 Å². The minimum absolute atomic E-state index is 0.0565. The van der Waals surface area contributed by atoms with Crippen LogP contribution in [0.1, 0.15) is 25.7 Å². The Bertz CT molecular complexity index is 224. The van der Waals surface area contributed by atoms with Gasteiger partial charge in [0.2, 0.25) is 0 Å². The van der Waals surface area contributed by atoms with Gasteiger partial charge in [-0.3, -0.25) is 5.32 Å². The van der Waals surface area contributed by atoms with Crippen LogP contribution in [0.5, 0.6) is 0 Å². The molecule has 5 heteroatoms. The van der Waals surface area contributed by atoms with Crippen molar-refractivity contribution in [3.05, 3.63) is 0 Å². The van der Waals surface area contributed by atoms with Crippen LogP contribution < -0.4 is 10.6 Å². The van der Waals surface area contributed by atoms with Gasteiger partial charge in [0.15, 0.2) is 0 Å². The standard InChI is InChI=1S/C12H25N3O2/c1-13-12(5-7-15(16-2)8-6-12)14-10-11-4-3-9-17-11/h11,13-14H,3-10H2,1-2H3. The molecule has 2 heterocycles. The summed E-state index contributed by atoms with van der Waals surface area (Å²) in [6.07, 6.45) is 4.92. The molecule has 2 rings (SSSR count). The maximum Gasteiger partial charge on any atom is 0.0712 e. The van der Waals surface area contributed by atoms with Gasteiger partial charge in [-0.15, -0.1) is 0 Å². The second-order valence-corrected chi connectivity index (χ2v) is 4.96. The van der Waals surface area contributed by atoms with Crippen molar-refractivity contribution in [2.75, 3.05) is 40.4 Å². The fraction of sp³-hybridized carbons (Fsp3) is 1.00. The Balaban J connectivity index is 1.78. The minimum atomic E-state index is 0.0565. The summed E-state index contributed by atoms with van der Waals surface area (Å²) in [6, 6.07) is 0. The molecule has 0 aromatic carbocycles. The van der Waals surface area contributed by atoms with Crippen LogP contribution in [-0.4, -0.2) is 57.2 Å². The maximum atomic E-state index is 5.65.